The smallest absolute Gasteiger partial charge is 0.178 e. The van der Waals surface area contributed by atoms with Crippen LogP contribution in [0, 0.1) is 5.82 Å². The molecule has 0 saturated heterocycles. The number of phenols is 1. The normalized spacial score (nSPS) is 19.1. The van der Waals surface area contributed by atoms with E-state index in [1.54, 1.807) is 0 Å². The maximum atomic E-state index is 13.8. The first kappa shape index (κ1) is 13.3. The van der Waals surface area contributed by atoms with Crippen LogP contribution in [0.1, 0.15) is 31.2 Å². The molecule has 1 aliphatic rings. The number of sulfone groups is 1. The standard InChI is InChI=1S/C12H16FNO3S/c1-18(16,17)11-7-10(15)8(6-9(11)13)12(14)4-2-3-5-12/h6-7,15H,2-5,14H2,1H3. The lowest BCUT2D eigenvalue weighted by molar-refractivity contribution is 0.402. The molecule has 4 nitrogen and oxygen atoms in total. The average Bonchev–Trinajstić information content (AvgIpc) is 2.67. The van der Waals surface area contributed by atoms with Gasteiger partial charge < -0.3 is 10.8 Å². The highest BCUT2D eigenvalue weighted by Crippen LogP contribution is 2.41. The molecule has 1 fully saturated rings. The molecule has 0 bridgehead atoms. The first-order valence-corrected chi connectivity index (χ1v) is 7.65. The predicted molar refractivity (Wildman–Crippen MR) is 65.5 cm³/mol. The third kappa shape index (κ3) is 2.22. The molecule has 2 rings (SSSR count). The first-order chi connectivity index (χ1) is 8.24. The number of hydrogen-bond donors (Lipinski definition) is 2. The first-order valence-electron chi connectivity index (χ1n) is 5.76. The highest BCUT2D eigenvalue weighted by Gasteiger charge is 2.34. The molecule has 0 amide bonds. The summed E-state index contributed by atoms with van der Waals surface area (Å²) in [6.45, 7) is 0. The van der Waals surface area contributed by atoms with Crippen LogP contribution in [0.2, 0.25) is 0 Å². The Kier molecular flexibility index (Phi) is 3.11. The average molecular weight is 273 g/mol. The van der Waals surface area contributed by atoms with Gasteiger partial charge in [0.2, 0.25) is 0 Å². The molecule has 1 aromatic rings. The Labute approximate surface area is 106 Å². The number of hydrogen-bond acceptors (Lipinski definition) is 4. The van der Waals surface area contributed by atoms with E-state index in [0.29, 0.717) is 18.4 Å². The number of phenolic OH excluding ortho intramolecular Hbond substituents is 1. The fourth-order valence-corrected chi connectivity index (χ4v) is 3.24. The quantitative estimate of drug-likeness (QED) is 0.858. The summed E-state index contributed by atoms with van der Waals surface area (Å²) in [6, 6.07) is 2.00. The summed E-state index contributed by atoms with van der Waals surface area (Å²) in [5, 5.41) is 9.89. The van der Waals surface area contributed by atoms with E-state index in [4.69, 9.17) is 5.73 Å². The van der Waals surface area contributed by atoms with Crippen molar-refractivity contribution in [1.29, 1.82) is 0 Å². The van der Waals surface area contributed by atoms with Gasteiger partial charge in [-0.1, -0.05) is 12.8 Å². The highest BCUT2D eigenvalue weighted by molar-refractivity contribution is 7.90. The van der Waals surface area contributed by atoms with Gasteiger partial charge in [-0.3, -0.25) is 0 Å². The topological polar surface area (TPSA) is 80.4 Å². The number of rotatable bonds is 2. The van der Waals surface area contributed by atoms with Crippen LogP contribution in [0.25, 0.3) is 0 Å². The lowest BCUT2D eigenvalue weighted by Crippen LogP contribution is -2.33. The van der Waals surface area contributed by atoms with Gasteiger partial charge in [-0.2, -0.15) is 0 Å². The summed E-state index contributed by atoms with van der Waals surface area (Å²) >= 11 is 0. The minimum Gasteiger partial charge on any atom is -0.508 e. The number of aromatic hydroxyl groups is 1. The maximum Gasteiger partial charge on any atom is 0.178 e. The Balaban J connectivity index is 2.56. The summed E-state index contributed by atoms with van der Waals surface area (Å²) in [6.07, 6.45) is 4.07. The van der Waals surface area contributed by atoms with E-state index in [1.807, 2.05) is 0 Å². The van der Waals surface area contributed by atoms with E-state index in [-0.39, 0.29) is 5.75 Å². The minimum absolute atomic E-state index is 0.249. The van der Waals surface area contributed by atoms with E-state index < -0.39 is 26.1 Å². The number of halogens is 1. The van der Waals surface area contributed by atoms with Crippen molar-refractivity contribution < 1.29 is 17.9 Å². The van der Waals surface area contributed by atoms with Crippen LogP contribution in [-0.4, -0.2) is 19.8 Å². The second-order valence-electron chi connectivity index (χ2n) is 4.94. The van der Waals surface area contributed by atoms with Crippen molar-refractivity contribution in [3.8, 4) is 5.75 Å². The molecule has 1 aromatic carbocycles. The predicted octanol–water partition coefficient (Wildman–Crippen LogP) is 1.66. The Morgan fingerprint density at radius 2 is 1.89 bits per heavy atom. The number of benzene rings is 1. The van der Waals surface area contributed by atoms with Gasteiger partial charge in [0.05, 0.1) is 0 Å². The second kappa shape index (κ2) is 4.20. The molecule has 0 aliphatic heterocycles. The third-order valence-corrected chi connectivity index (χ3v) is 4.59. The van der Waals surface area contributed by atoms with E-state index in [9.17, 15) is 17.9 Å². The van der Waals surface area contributed by atoms with Crippen molar-refractivity contribution in [3.05, 3.63) is 23.5 Å². The van der Waals surface area contributed by atoms with Gasteiger partial charge in [-0.15, -0.1) is 0 Å². The lowest BCUT2D eigenvalue weighted by Gasteiger charge is -2.25. The summed E-state index contributed by atoms with van der Waals surface area (Å²) in [5.41, 5.74) is 5.68. The van der Waals surface area contributed by atoms with Gasteiger partial charge in [0, 0.05) is 23.4 Å². The van der Waals surface area contributed by atoms with Crippen LogP contribution in [0.4, 0.5) is 4.39 Å². The van der Waals surface area contributed by atoms with Gasteiger partial charge in [0.25, 0.3) is 0 Å². The van der Waals surface area contributed by atoms with Gasteiger partial charge in [-0.05, 0) is 18.9 Å². The Bertz CT molecular complexity index is 577. The Hall–Kier alpha value is -1.14. The zero-order valence-corrected chi connectivity index (χ0v) is 10.9. The molecule has 0 spiro atoms. The van der Waals surface area contributed by atoms with Crippen LogP contribution in [0.15, 0.2) is 17.0 Å². The molecule has 0 radical (unpaired) electrons. The molecule has 0 atom stereocenters. The minimum atomic E-state index is -3.69. The van der Waals surface area contributed by atoms with Crippen molar-refractivity contribution in [3.63, 3.8) is 0 Å². The maximum absolute atomic E-state index is 13.8. The molecule has 1 aliphatic carbocycles. The Morgan fingerprint density at radius 3 is 2.39 bits per heavy atom. The van der Waals surface area contributed by atoms with E-state index in [2.05, 4.69) is 0 Å². The molecule has 0 aromatic heterocycles. The van der Waals surface area contributed by atoms with Gasteiger partial charge in [-0.25, -0.2) is 12.8 Å². The largest absolute Gasteiger partial charge is 0.508 e. The monoisotopic (exact) mass is 273 g/mol. The van der Waals surface area contributed by atoms with Crippen LogP contribution >= 0.6 is 0 Å². The lowest BCUT2D eigenvalue weighted by atomic mass is 9.88. The molecule has 100 valence electrons. The molecule has 1 saturated carbocycles. The number of nitrogens with two attached hydrogens (primary N) is 1. The van der Waals surface area contributed by atoms with E-state index in [1.165, 1.54) is 0 Å². The van der Waals surface area contributed by atoms with Crippen molar-refractivity contribution in [1.82, 2.24) is 0 Å². The molecular weight excluding hydrogens is 257 g/mol. The highest BCUT2D eigenvalue weighted by atomic mass is 32.2. The van der Waals surface area contributed by atoms with Gasteiger partial charge >= 0.3 is 0 Å². The van der Waals surface area contributed by atoms with Crippen LogP contribution in [0.5, 0.6) is 5.75 Å². The van der Waals surface area contributed by atoms with Gasteiger partial charge in [0.1, 0.15) is 16.5 Å². The third-order valence-electron chi connectivity index (χ3n) is 3.48. The van der Waals surface area contributed by atoms with Crippen molar-refractivity contribution in [2.24, 2.45) is 5.73 Å². The molecule has 0 unspecified atom stereocenters. The Morgan fingerprint density at radius 1 is 1.33 bits per heavy atom. The summed E-state index contributed by atoms with van der Waals surface area (Å²) in [4.78, 5) is -0.495. The van der Waals surface area contributed by atoms with Crippen molar-refractivity contribution in [2.45, 2.75) is 36.1 Å². The van der Waals surface area contributed by atoms with Crippen LogP contribution in [-0.2, 0) is 15.4 Å². The summed E-state index contributed by atoms with van der Waals surface area (Å²) in [5.74, 6) is -1.11. The van der Waals surface area contributed by atoms with E-state index >= 15 is 0 Å². The SMILES string of the molecule is CS(=O)(=O)c1cc(O)c(C2(N)CCCC2)cc1F. The zero-order chi connectivity index (χ0) is 13.6. The van der Waals surface area contributed by atoms with Crippen LogP contribution in [0.3, 0.4) is 0 Å². The second-order valence-corrected chi connectivity index (χ2v) is 6.92. The van der Waals surface area contributed by atoms with Crippen molar-refractivity contribution >= 4 is 9.84 Å². The zero-order valence-electron chi connectivity index (χ0n) is 10.1. The molecule has 0 heterocycles. The molecular formula is C12H16FNO3S. The van der Waals surface area contributed by atoms with Crippen LogP contribution < -0.4 is 5.73 Å². The van der Waals surface area contributed by atoms with Gasteiger partial charge in [0.15, 0.2) is 9.84 Å². The summed E-state index contributed by atoms with van der Waals surface area (Å²) in [7, 11) is -3.69. The molecule has 3 N–H and O–H groups in total. The van der Waals surface area contributed by atoms with E-state index in [0.717, 1.165) is 31.2 Å². The fourth-order valence-electron chi connectivity index (χ4n) is 2.50. The fraction of sp³-hybridized carbons (Fsp3) is 0.500. The summed E-state index contributed by atoms with van der Waals surface area (Å²) < 4.78 is 36.5. The molecule has 6 heteroatoms. The van der Waals surface area contributed by atoms with Crippen molar-refractivity contribution in [2.75, 3.05) is 6.26 Å². The molecule has 18 heavy (non-hydrogen) atoms.